The summed E-state index contributed by atoms with van der Waals surface area (Å²) in [6.45, 7) is 7.32. The van der Waals surface area contributed by atoms with E-state index >= 15 is 0 Å². The summed E-state index contributed by atoms with van der Waals surface area (Å²) in [5, 5.41) is 8.22. The topological polar surface area (TPSA) is 66.0 Å². The number of hydrogen-bond acceptors (Lipinski definition) is 5. The van der Waals surface area contributed by atoms with Crippen LogP contribution in [0.3, 0.4) is 0 Å². The molecule has 0 bridgehead atoms. The van der Waals surface area contributed by atoms with Gasteiger partial charge in [-0.3, -0.25) is 0 Å². The van der Waals surface area contributed by atoms with Crippen molar-refractivity contribution in [2.24, 2.45) is 0 Å². The van der Waals surface area contributed by atoms with Crippen LogP contribution in [0.25, 0.3) is 23.0 Å². The molecule has 0 aliphatic carbocycles. The number of benzene rings is 1. The Balaban J connectivity index is 1.85. The molecule has 0 spiro atoms. The molecule has 8 heteroatoms. The highest BCUT2D eigenvalue weighted by atomic mass is 19.2. The zero-order chi connectivity index (χ0) is 18.5. The number of aromatic nitrogens is 4. The Labute approximate surface area is 148 Å². The molecule has 1 aromatic carbocycles. The molecule has 26 heavy (non-hydrogen) atoms. The molecule has 0 fully saturated rings. The molecule has 2 aromatic heterocycles. The van der Waals surface area contributed by atoms with Crippen LogP contribution in [0.2, 0.25) is 0 Å². The van der Waals surface area contributed by atoms with Crippen molar-refractivity contribution in [3.05, 3.63) is 41.4 Å². The summed E-state index contributed by atoms with van der Waals surface area (Å²) in [5.74, 6) is -0.498. The zero-order valence-electron chi connectivity index (χ0n) is 14.7. The van der Waals surface area contributed by atoms with Gasteiger partial charge in [-0.15, -0.1) is 10.2 Å². The minimum absolute atomic E-state index is 0.287. The second-order valence-electron chi connectivity index (χ2n) is 7.23. The third-order valence-electron chi connectivity index (χ3n) is 4.22. The molecule has 4 rings (SSSR count). The molecule has 0 unspecified atom stereocenters. The summed E-state index contributed by atoms with van der Waals surface area (Å²) < 4.78 is 40.2. The quantitative estimate of drug-likeness (QED) is 0.697. The van der Waals surface area contributed by atoms with Gasteiger partial charge in [0.2, 0.25) is 5.89 Å². The number of hydrogen-bond donors (Lipinski definition) is 0. The molecule has 6 nitrogen and oxygen atoms in total. The van der Waals surface area contributed by atoms with Crippen LogP contribution in [-0.4, -0.2) is 26.4 Å². The molecule has 0 amide bonds. The molecule has 1 aliphatic heterocycles. The van der Waals surface area contributed by atoms with Gasteiger partial charge in [-0.05, 0) is 18.2 Å². The lowest BCUT2D eigenvalue weighted by Crippen LogP contribution is -2.17. The molecule has 0 saturated heterocycles. The van der Waals surface area contributed by atoms with E-state index in [1.54, 1.807) is 0 Å². The van der Waals surface area contributed by atoms with E-state index in [2.05, 4.69) is 15.2 Å². The summed E-state index contributed by atoms with van der Waals surface area (Å²) in [6.07, 6.45) is 0. The van der Waals surface area contributed by atoms with Gasteiger partial charge >= 0.3 is 0 Å². The van der Waals surface area contributed by atoms with Crippen molar-refractivity contribution >= 4 is 0 Å². The number of imidazole rings is 1. The number of nitrogens with zero attached hydrogens (tertiary/aromatic N) is 4. The molecule has 136 valence electrons. The van der Waals surface area contributed by atoms with Crippen molar-refractivity contribution in [3.63, 3.8) is 0 Å². The van der Waals surface area contributed by atoms with Gasteiger partial charge in [-0.25, -0.2) is 13.8 Å². The first-order valence-electron chi connectivity index (χ1n) is 8.31. The normalized spacial score (nSPS) is 14.5. The fourth-order valence-electron chi connectivity index (χ4n) is 2.85. The Kier molecular flexibility index (Phi) is 3.87. The van der Waals surface area contributed by atoms with Crippen LogP contribution >= 0.6 is 0 Å². The van der Waals surface area contributed by atoms with Crippen LogP contribution in [0.4, 0.5) is 8.78 Å². The van der Waals surface area contributed by atoms with Crippen LogP contribution < -0.4 is 0 Å². The zero-order valence-corrected chi connectivity index (χ0v) is 14.7. The van der Waals surface area contributed by atoms with Gasteiger partial charge in [0.05, 0.1) is 18.9 Å². The van der Waals surface area contributed by atoms with E-state index in [1.165, 1.54) is 6.07 Å². The van der Waals surface area contributed by atoms with Gasteiger partial charge in [0.1, 0.15) is 5.82 Å². The highest BCUT2D eigenvalue weighted by Gasteiger charge is 2.28. The third kappa shape index (κ3) is 2.80. The minimum Gasteiger partial charge on any atom is -0.419 e. The molecule has 0 radical (unpaired) electrons. The molecule has 0 saturated carbocycles. The van der Waals surface area contributed by atoms with Gasteiger partial charge in [0, 0.05) is 17.5 Å². The van der Waals surface area contributed by atoms with E-state index in [0.29, 0.717) is 42.7 Å². The van der Waals surface area contributed by atoms with Crippen molar-refractivity contribution in [2.75, 3.05) is 6.61 Å². The largest absolute Gasteiger partial charge is 0.419 e. The Morgan fingerprint density at radius 3 is 2.62 bits per heavy atom. The Morgan fingerprint density at radius 2 is 1.92 bits per heavy atom. The first kappa shape index (κ1) is 16.8. The van der Waals surface area contributed by atoms with E-state index in [4.69, 9.17) is 9.15 Å². The van der Waals surface area contributed by atoms with Crippen molar-refractivity contribution in [3.8, 4) is 23.0 Å². The second kappa shape index (κ2) is 5.98. The standard InChI is InChI=1S/C18H18F2N4O2/c1-18(2,3)17-23-22-16(26-17)14-13-9-25-7-6-24(13)15(21-14)10-4-5-11(19)12(20)8-10/h4-5,8H,6-7,9H2,1-3H3. The van der Waals surface area contributed by atoms with E-state index < -0.39 is 11.6 Å². The van der Waals surface area contributed by atoms with Gasteiger partial charge in [0.25, 0.3) is 5.89 Å². The summed E-state index contributed by atoms with van der Waals surface area (Å²) in [5.41, 5.74) is 1.48. The Bertz CT molecular complexity index is 972. The van der Waals surface area contributed by atoms with E-state index in [9.17, 15) is 8.78 Å². The van der Waals surface area contributed by atoms with Gasteiger partial charge in [0.15, 0.2) is 17.3 Å². The lowest BCUT2D eigenvalue weighted by atomic mass is 9.97. The van der Waals surface area contributed by atoms with Crippen LogP contribution in [0.5, 0.6) is 0 Å². The predicted octanol–water partition coefficient (Wildman–Crippen LogP) is 3.71. The lowest BCUT2D eigenvalue weighted by Gasteiger charge is -2.17. The molecule has 1 aliphatic rings. The maximum absolute atomic E-state index is 13.7. The number of ether oxygens (including phenoxy) is 1. The first-order chi connectivity index (χ1) is 12.3. The summed E-state index contributed by atoms with van der Waals surface area (Å²) in [7, 11) is 0. The second-order valence-corrected chi connectivity index (χ2v) is 7.23. The average molecular weight is 360 g/mol. The predicted molar refractivity (Wildman–Crippen MR) is 89.2 cm³/mol. The molecular formula is C18H18F2N4O2. The van der Waals surface area contributed by atoms with Crippen LogP contribution in [-0.2, 0) is 23.3 Å². The van der Waals surface area contributed by atoms with E-state index in [1.807, 2.05) is 25.3 Å². The fourth-order valence-corrected chi connectivity index (χ4v) is 2.85. The lowest BCUT2D eigenvalue weighted by molar-refractivity contribution is 0.0859. The molecule has 3 heterocycles. The highest BCUT2D eigenvalue weighted by Crippen LogP contribution is 2.33. The van der Waals surface area contributed by atoms with Crippen LogP contribution in [0, 0.1) is 11.6 Å². The maximum Gasteiger partial charge on any atom is 0.268 e. The van der Waals surface area contributed by atoms with Gasteiger partial charge < -0.3 is 13.7 Å². The van der Waals surface area contributed by atoms with E-state index in [-0.39, 0.29) is 11.3 Å². The van der Waals surface area contributed by atoms with Crippen LogP contribution in [0.15, 0.2) is 22.6 Å². The van der Waals surface area contributed by atoms with Crippen molar-refractivity contribution in [1.82, 2.24) is 19.7 Å². The van der Waals surface area contributed by atoms with Gasteiger partial charge in [-0.1, -0.05) is 20.8 Å². The number of halogens is 2. The molecular weight excluding hydrogens is 342 g/mol. The minimum atomic E-state index is -0.915. The molecule has 0 atom stereocenters. The average Bonchev–Trinajstić information content (AvgIpc) is 3.22. The number of rotatable bonds is 2. The SMILES string of the molecule is CC(C)(C)c1nnc(-c2nc(-c3ccc(F)c(F)c3)n3c2COCC3)o1. The number of fused-ring (bicyclic) bond motifs is 1. The summed E-state index contributed by atoms with van der Waals surface area (Å²) in [6, 6.07) is 3.73. The highest BCUT2D eigenvalue weighted by molar-refractivity contribution is 5.63. The van der Waals surface area contributed by atoms with Crippen molar-refractivity contribution in [2.45, 2.75) is 39.3 Å². The summed E-state index contributed by atoms with van der Waals surface area (Å²) in [4.78, 5) is 4.60. The van der Waals surface area contributed by atoms with Crippen molar-refractivity contribution < 1.29 is 17.9 Å². The molecule has 3 aromatic rings. The Hall–Kier alpha value is -2.61. The first-order valence-corrected chi connectivity index (χ1v) is 8.31. The maximum atomic E-state index is 13.7. The van der Waals surface area contributed by atoms with Gasteiger partial charge in [-0.2, -0.15) is 0 Å². The smallest absolute Gasteiger partial charge is 0.268 e. The van der Waals surface area contributed by atoms with Crippen molar-refractivity contribution in [1.29, 1.82) is 0 Å². The Morgan fingerprint density at radius 1 is 1.12 bits per heavy atom. The third-order valence-corrected chi connectivity index (χ3v) is 4.22. The van der Waals surface area contributed by atoms with E-state index in [0.717, 1.165) is 17.8 Å². The summed E-state index contributed by atoms with van der Waals surface area (Å²) >= 11 is 0. The fraction of sp³-hybridized carbons (Fsp3) is 0.389. The van der Waals surface area contributed by atoms with Crippen LogP contribution in [0.1, 0.15) is 32.4 Å². The molecule has 0 N–H and O–H groups in total. The monoisotopic (exact) mass is 360 g/mol.